The Morgan fingerprint density at radius 2 is 1.88 bits per heavy atom. The SMILES string of the molecule is COc1ccc(C(=O)O[C@H](C)C(=O)NC(N)=O)cc1S(=O)(=O)N1CCCc2ccccc21. The molecule has 1 aliphatic rings. The molecule has 0 radical (unpaired) electrons. The minimum absolute atomic E-state index is 0.0594. The predicted octanol–water partition coefficient (Wildman–Crippen LogP) is 1.58. The minimum Gasteiger partial charge on any atom is -0.495 e. The van der Waals surface area contributed by atoms with Gasteiger partial charge in [-0.15, -0.1) is 0 Å². The molecular weight excluding hydrogens is 438 g/mol. The molecule has 1 atom stereocenters. The maximum absolute atomic E-state index is 13.5. The Hall–Kier alpha value is -3.60. The number of imide groups is 1. The van der Waals surface area contributed by atoms with Crippen LogP contribution in [0.3, 0.4) is 0 Å². The monoisotopic (exact) mass is 461 g/mol. The molecule has 1 aliphatic heterocycles. The molecular formula is C21H23N3O7S. The van der Waals surface area contributed by atoms with E-state index in [9.17, 15) is 22.8 Å². The van der Waals surface area contributed by atoms with Crippen molar-refractivity contribution in [3.8, 4) is 5.75 Å². The van der Waals surface area contributed by atoms with E-state index in [0.29, 0.717) is 12.1 Å². The first kappa shape index (κ1) is 23.1. The van der Waals surface area contributed by atoms with Crippen LogP contribution in [0.1, 0.15) is 29.3 Å². The maximum Gasteiger partial charge on any atom is 0.338 e. The maximum atomic E-state index is 13.5. The van der Waals surface area contributed by atoms with Crippen molar-refractivity contribution in [2.45, 2.75) is 30.8 Å². The standard InChI is InChI=1S/C21H23N3O7S/c1-13(19(25)23-21(22)27)31-20(26)15-9-10-17(30-2)18(12-15)32(28,29)24-11-5-7-14-6-3-4-8-16(14)24/h3-4,6,8-10,12-13H,5,7,11H2,1-2H3,(H3,22,23,25,27)/t13-/m1/s1. The number of nitrogens with one attached hydrogen (secondary N) is 1. The molecule has 0 bridgehead atoms. The zero-order valence-corrected chi connectivity index (χ0v) is 18.3. The average Bonchev–Trinajstić information content (AvgIpc) is 2.77. The van der Waals surface area contributed by atoms with Crippen LogP contribution in [0.25, 0.3) is 0 Å². The fraction of sp³-hybridized carbons (Fsp3) is 0.286. The summed E-state index contributed by atoms with van der Waals surface area (Å²) in [5, 5.41) is 1.81. The van der Waals surface area contributed by atoms with Crippen LogP contribution in [-0.4, -0.2) is 46.1 Å². The normalized spacial score (nSPS) is 14.1. The van der Waals surface area contributed by atoms with Gasteiger partial charge in [0.05, 0.1) is 18.4 Å². The number of ether oxygens (including phenoxy) is 2. The van der Waals surface area contributed by atoms with E-state index >= 15 is 0 Å². The second-order valence-electron chi connectivity index (χ2n) is 7.08. The number of methoxy groups -OCH3 is 1. The number of carbonyl (C=O) groups excluding carboxylic acids is 3. The first-order chi connectivity index (χ1) is 15.1. The minimum atomic E-state index is -4.07. The Morgan fingerprint density at radius 3 is 2.56 bits per heavy atom. The number of nitrogens with two attached hydrogens (primary N) is 1. The summed E-state index contributed by atoms with van der Waals surface area (Å²) in [6, 6.07) is 9.94. The van der Waals surface area contributed by atoms with Crippen molar-refractivity contribution in [2.24, 2.45) is 5.73 Å². The van der Waals surface area contributed by atoms with E-state index in [4.69, 9.17) is 15.2 Å². The van der Waals surface area contributed by atoms with Gasteiger partial charge in [-0.1, -0.05) is 18.2 Å². The summed E-state index contributed by atoms with van der Waals surface area (Å²) >= 11 is 0. The average molecular weight is 461 g/mol. The second-order valence-corrected chi connectivity index (χ2v) is 8.91. The van der Waals surface area contributed by atoms with Crippen molar-refractivity contribution in [3.05, 3.63) is 53.6 Å². The molecule has 0 unspecified atom stereocenters. The van der Waals surface area contributed by atoms with Crippen LogP contribution in [0.4, 0.5) is 10.5 Å². The molecule has 32 heavy (non-hydrogen) atoms. The lowest BCUT2D eigenvalue weighted by Crippen LogP contribution is -2.42. The van der Waals surface area contributed by atoms with Crippen LogP contribution in [0.5, 0.6) is 5.75 Å². The predicted molar refractivity (Wildman–Crippen MR) is 115 cm³/mol. The lowest BCUT2D eigenvalue weighted by atomic mass is 10.0. The van der Waals surface area contributed by atoms with Crippen molar-refractivity contribution in [1.82, 2.24) is 5.32 Å². The third kappa shape index (κ3) is 4.67. The van der Waals surface area contributed by atoms with Crippen molar-refractivity contribution < 1.29 is 32.3 Å². The number of fused-ring (bicyclic) bond motifs is 1. The molecule has 0 aromatic heterocycles. The molecule has 0 aliphatic carbocycles. The highest BCUT2D eigenvalue weighted by Crippen LogP contribution is 2.35. The Morgan fingerprint density at radius 1 is 1.16 bits per heavy atom. The molecule has 170 valence electrons. The quantitative estimate of drug-likeness (QED) is 0.621. The highest BCUT2D eigenvalue weighted by atomic mass is 32.2. The van der Waals surface area contributed by atoms with Gasteiger partial charge in [0, 0.05) is 6.54 Å². The topological polar surface area (TPSA) is 145 Å². The summed E-state index contributed by atoms with van der Waals surface area (Å²) in [4.78, 5) is 34.9. The van der Waals surface area contributed by atoms with Gasteiger partial charge < -0.3 is 15.2 Å². The Labute approximate surface area is 185 Å². The van der Waals surface area contributed by atoms with Crippen molar-refractivity contribution in [3.63, 3.8) is 0 Å². The van der Waals surface area contributed by atoms with Gasteiger partial charge in [-0.2, -0.15) is 0 Å². The number of primary amides is 1. The number of aryl methyl sites for hydroxylation is 1. The Kier molecular flexibility index (Phi) is 6.68. The molecule has 3 amide bonds. The third-order valence-electron chi connectivity index (χ3n) is 4.93. The summed E-state index contributed by atoms with van der Waals surface area (Å²) in [6.07, 6.45) is 0.0788. The van der Waals surface area contributed by atoms with E-state index in [1.54, 1.807) is 17.4 Å². The summed E-state index contributed by atoms with van der Waals surface area (Å²) in [5.74, 6) is -1.79. The summed E-state index contributed by atoms with van der Waals surface area (Å²) in [5.41, 5.74) is 6.26. The number of benzene rings is 2. The van der Waals surface area contributed by atoms with Crippen LogP contribution >= 0.6 is 0 Å². The van der Waals surface area contributed by atoms with Crippen LogP contribution in [0, 0.1) is 0 Å². The molecule has 3 N–H and O–H groups in total. The molecule has 0 spiro atoms. The number of urea groups is 1. The zero-order valence-electron chi connectivity index (χ0n) is 17.5. The van der Waals surface area contributed by atoms with Gasteiger partial charge in [-0.3, -0.25) is 14.4 Å². The van der Waals surface area contributed by atoms with E-state index in [0.717, 1.165) is 18.1 Å². The van der Waals surface area contributed by atoms with Crippen molar-refractivity contribution in [2.75, 3.05) is 18.0 Å². The van der Waals surface area contributed by atoms with Gasteiger partial charge in [0.1, 0.15) is 10.6 Å². The second kappa shape index (κ2) is 9.27. The number of sulfonamides is 1. The van der Waals surface area contributed by atoms with Gasteiger partial charge in [0.15, 0.2) is 6.10 Å². The van der Waals surface area contributed by atoms with Crippen molar-refractivity contribution >= 4 is 33.6 Å². The van der Waals surface area contributed by atoms with Gasteiger partial charge in [-0.25, -0.2) is 18.0 Å². The van der Waals surface area contributed by atoms with Gasteiger partial charge in [-0.05, 0) is 49.6 Å². The number of hydrogen-bond acceptors (Lipinski definition) is 7. The van der Waals surface area contributed by atoms with Crippen LogP contribution in [0.15, 0.2) is 47.4 Å². The van der Waals surface area contributed by atoms with E-state index in [2.05, 4.69) is 0 Å². The third-order valence-corrected chi connectivity index (χ3v) is 6.77. The summed E-state index contributed by atoms with van der Waals surface area (Å²) in [6.45, 7) is 1.53. The molecule has 1 heterocycles. The fourth-order valence-corrected chi connectivity index (χ4v) is 5.10. The van der Waals surface area contributed by atoms with Gasteiger partial charge in [0.25, 0.3) is 15.9 Å². The molecule has 2 aromatic carbocycles. The molecule has 0 fully saturated rings. The Bertz CT molecular complexity index is 1160. The van der Waals surface area contributed by atoms with Crippen LogP contribution in [-0.2, 0) is 26.0 Å². The molecule has 3 rings (SSSR count). The van der Waals surface area contributed by atoms with E-state index in [-0.39, 0.29) is 22.8 Å². The zero-order chi connectivity index (χ0) is 23.5. The smallest absolute Gasteiger partial charge is 0.338 e. The number of hydrogen-bond donors (Lipinski definition) is 2. The lowest BCUT2D eigenvalue weighted by Gasteiger charge is -2.31. The van der Waals surface area contributed by atoms with Crippen molar-refractivity contribution in [1.29, 1.82) is 0 Å². The number of rotatable bonds is 6. The lowest BCUT2D eigenvalue weighted by molar-refractivity contribution is -0.127. The van der Waals surface area contributed by atoms with E-state index < -0.39 is 34.0 Å². The first-order valence-corrected chi connectivity index (χ1v) is 11.2. The molecule has 2 aromatic rings. The number of carbonyl (C=O) groups is 3. The number of nitrogens with zero attached hydrogens (tertiary/aromatic N) is 1. The highest BCUT2D eigenvalue weighted by Gasteiger charge is 2.32. The number of anilines is 1. The van der Waals surface area contributed by atoms with Gasteiger partial charge >= 0.3 is 12.0 Å². The molecule has 0 saturated heterocycles. The molecule has 10 nitrogen and oxygen atoms in total. The van der Waals surface area contributed by atoms with E-state index in [1.165, 1.54) is 30.5 Å². The largest absolute Gasteiger partial charge is 0.495 e. The van der Waals surface area contributed by atoms with Crippen LogP contribution < -0.4 is 20.1 Å². The highest BCUT2D eigenvalue weighted by molar-refractivity contribution is 7.93. The number of amides is 3. The van der Waals surface area contributed by atoms with Crippen LogP contribution in [0.2, 0.25) is 0 Å². The Balaban J connectivity index is 1.94. The summed E-state index contributed by atoms with van der Waals surface area (Å²) < 4.78 is 38.6. The molecule has 11 heteroatoms. The molecule has 0 saturated carbocycles. The van der Waals surface area contributed by atoms with E-state index in [1.807, 2.05) is 12.1 Å². The number of esters is 1. The first-order valence-electron chi connectivity index (χ1n) is 9.75. The summed E-state index contributed by atoms with van der Waals surface area (Å²) in [7, 11) is -2.75. The van der Waals surface area contributed by atoms with Gasteiger partial charge in [0.2, 0.25) is 0 Å². The number of para-hydroxylation sites is 1. The fourth-order valence-electron chi connectivity index (χ4n) is 3.38.